The van der Waals surface area contributed by atoms with E-state index in [2.05, 4.69) is 15.8 Å². The van der Waals surface area contributed by atoms with Gasteiger partial charge in [-0.15, -0.1) is 11.3 Å². The lowest BCUT2D eigenvalue weighted by atomic mass is 10.1. The number of fused-ring (bicyclic) bond motifs is 1. The molecule has 3 rings (SSSR count). The van der Waals surface area contributed by atoms with Crippen LogP contribution in [0.4, 0.5) is 0 Å². The number of nitrogens with one attached hydrogen (secondary N) is 2. The molecule has 0 radical (unpaired) electrons. The fourth-order valence-electron chi connectivity index (χ4n) is 2.19. The van der Waals surface area contributed by atoms with E-state index in [0.29, 0.717) is 0 Å². The van der Waals surface area contributed by atoms with Crippen molar-refractivity contribution in [3.8, 4) is 5.75 Å². The van der Waals surface area contributed by atoms with Crippen LogP contribution in [0, 0.1) is 0 Å². The molecule has 0 spiro atoms. The normalized spacial score (nSPS) is 10.5. The number of para-hydroxylation sites is 1. The van der Waals surface area contributed by atoms with Crippen molar-refractivity contribution in [3.63, 3.8) is 0 Å². The van der Waals surface area contributed by atoms with Gasteiger partial charge in [0.05, 0.1) is 29.5 Å². The van der Waals surface area contributed by atoms with Gasteiger partial charge in [0.25, 0.3) is 0 Å². The van der Waals surface area contributed by atoms with E-state index in [1.165, 1.54) is 11.8 Å². The maximum atomic E-state index is 11.9. The summed E-state index contributed by atoms with van der Waals surface area (Å²) in [5.74, 6) is 0.350. The highest BCUT2D eigenvalue weighted by atomic mass is 32.2. The van der Waals surface area contributed by atoms with Crippen LogP contribution in [0.2, 0.25) is 0 Å². The summed E-state index contributed by atoms with van der Waals surface area (Å²) in [6.07, 6.45) is 0.176. The summed E-state index contributed by atoms with van der Waals surface area (Å²) in [6.45, 7) is 0. The molecule has 2 aromatic carbocycles. The van der Waals surface area contributed by atoms with Gasteiger partial charge in [-0.2, -0.15) is 0 Å². The fourth-order valence-corrected chi connectivity index (χ4v) is 4.06. The number of carbonyl (C=O) groups excluding carboxylic acids is 2. The average Bonchev–Trinajstić information content (AvgIpc) is 3.08. The molecule has 2 amide bonds. The van der Waals surface area contributed by atoms with Crippen LogP contribution in [0.15, 0.2) is 52.9 Å². The molecule has 0 aliphatic carbocycles. The minimum atomic E-state index is -0.284. The monoisotopic (exact) mass is 387 g/mol. The third kappa shape index (κ3) is 4.96. The third-order valence-corrected chi connectivity index (χ3v) is 5.65. The molecule has 0 atom stereocenters. The maximum Gasteiger partial charge on any atom is 0.248 e. The Labute approximate surface area is 158 Å². The molecular formula is C18H17N3O3S2. The zero-order valence-electron chi connectivity index (χ0n) is 14.0. The highest BCUT2D eigenvalue weighted by Crippen LogP contribution is 2.28. The quantitative estimate of drug-likeness (QED) is 0.502. The van der Waals surface area contributed by atoms with E-state index >= 15 is 0 Å². The van der Waals surface area contributed by atoms with Crippen molar-refractivity contribution >= 4 is 45.1 Å². The molecule has 0 fully saturated rings. The van der Waals surface area contributed by atoms with Gasteiger partial charge in [-0.05, 0) is 29.8 Å². The standard InChI is InChI=1S/C18H17N3O3S2/c1-24-13-8-6-12(7-9-13)10-16(22)20-21-17(23)11-25-18-19-14-4-2-3-5-15(14)26-18/h2-9H,10-11H2,1H3,(H,20,22)(H,21,23). The van der Waals surface area contributed by atoms with E-state index < -0.39 is 0 Å². The van der Waals surface area contributed by atoms with Crippen molar-refractivity contribution < 1.29 is 14.3 Å². The number of nitrogens with zero attached hydrogens (tertiary/aromatic N) is 1. The fraction of sp³-hybridized carbons (Fsp3) is 0.167. The number of hydrogen-bond donors (Lipinski definition) is 2. The van der Waals surface area contributed by atoms with Crippen molar-refractivity contribution in [1.82, 2.24) is 15.8 Å². The molecule has 2 N–H and O–H groups in total. The molecule has 26 heavy (non-hydrogen) atoms. The minimum absolute atomic E-state index is 0.176. The number of benzene rings is 2. The molecule has 1 aromatic heterocycles. The number of thiazole rings is 1. The molecule has 134 valence electrons. The van der Waals surface area contributed by atoms with Gasteiger partial charge in [-0.3, -0.25) is 20.4 Å². The summed E-state index contributed by atoms with van der Waals surface area (Å²) in [5, 5.41) is 0. The van der Waals surface area contributed by atoms with E-state index in [-0.39, 0.29) is 24.0 Å². The Balaban J connectivity index is 1.42. The van der Waals surface area contributed by atoms with Gasteiger partial charge in [0.1, 0.15) is 5.75 Å². The van der Waals surface area contributed by atoms with Crippen LogP contribution in [-0.4, -0.2) is 29.7 Å². The molecule has 0 aliphatic heterocycles. The number of hydrazine groups is 1. The number of ether oxygens (including phenoxy) is 1. The molecule has 6 nitrogen and oxygen atoms in total. The summed E-state index contributed by atoms with van der Waals surface area (Å²) in [7, 11) is 1.59. The molecule has 3 aromatic rings. The van der Waals surface area contributed by atoms with Crippen LogP contribution in [0.3, 0.4) is 0 Å². The van der Waals surface area contributed by atoms with E-state index in [4.69, 9.17) is 4.74 Å². The van der Waals surface area contributed by atoms with Crippen LogP contribution < -0.4 is 15.6 Å². The van der Waals surface area contributed by atoms with Crippen molar-refractivity contribution in [2.24, 2.45) is 0 Å². The largest absolute Gasteiger partial charge is 0.497 e. The van der Waals surface area contributed by atoms with Crippen molar-refractivity contribution in [2.45, 2.75) is 10.8 Å². The Morgan fingerprint density at radius 2 is 1.81 bits per heavy atom. The van der Waals surface area contributed by atoms with Gasteiger partial charge in [-0.25, -0.2) is 4.98 Å². The Morgan fingerprint density at radius 3 is 2.54 bits per heavy atom. The van der Waals surface area contributed by atoms with E-state index in [0.717, 1.165) is 25.9 Å². The highest BCUT2D eigenvalue weighted by Gasteiger charge is 2.09. The molecule has 0 saturated carbocycles. The van der Waals surface area contributed by atoms with Crippen LogP contribution in [0.1, 0.15) is 5.56 Å². The number of rotatable bonds is 6. The predicted molar refractivity (Wildman–Crippen MR) is 103 cm³/mol. The average molecular weight is 387 g/mol. The van der Waals surface area contributed by atoms with Gasteiger partial charge < -0.3 is 4.74 Å². The third-order valence-electron chi connectivity index (χ3n) is 3.47. The minimum Gasteiger partial charge on any atom is -0.497 e. The zero-order chi connectivity index (χ0) is 18.4. The second-order valence-electron chi connectivity index (χ2n) is 5.36. The number of methoxy groups -OCH3 is 1. The number of hydrogen-bond acceptors (Lipinski definition) is 6. The van der Waals surface area contributed by atoms with E-state index in [1.54, 1.807) is 30.6 Å². The van der Waals surface area contributed by atoms with Crippen LogP contribution in [-0.2, 0) is 16.0 Å². The highest BCUT2D eigenvalue weighted by molar-refractivity contribution is 8.01. The zero-order valence-corrected chi connectivity index (χ0v) is 15.7. The molecular weight excluding hydrogens is 370 g/mol. The van der Waals surface area contributed by atoms with Gasteiger partial charge >= 0.3 is 0 Å². The van der Waals surface area contributed by atoms with Crippen molar-refractivity contribution in [2.75, 3.05) is 12.9 Å². The number of amides is 2. The Morgan fingerprint density at radius 1 is 1.08 bits per heavy atom. The Bertz CT molecular complexity index is 876. The van der Waals surface area contributed by atoms with Crippen LogP contribution in [0.5, 0.6) is 5.75 Å². The Hall–Kier alpha value is -2.58. The first-order chi connectivity index (χ1) is 12.6. The summed E-state index contributed by atoms with van der Waals surface area (Å²) in [6, 6.07) is 15.0. The second-order valence-corrected chi connectivity index (χ2v) is 7.61. The lowest BCUT2D eigenvalue weighted by molar-refractivity contribution is -0.127. The molecule has 0 saturated heterocycles. The molecule has 8 heteroatoms. The lowest BCUT2D eigenvalue weighted by Crippen LogP contribution is -2.43. The molecule has 1 heterocycles. The number of carbonyl (C=O) groups is 2. The van der Waals surface area contributed by atoms with Gasteiger partial charge in [-0.1, -0.05) is 36.0 Å². The topological polar surface area (TPSA) is 80.3 Å². The summed E-state index contributed by atoms with van der Waals surface area (Å²) >= 11 is 2.89. The Kier molecular flexibility index (Phi) is 6.08. The first-order valence-electron chi connectivity index (χ1n) is 7.83. The van der Waals surface area contributed by atoms with Gasteiger partial charge in [0.15, 0.2) is 4.34 Å². The van der Waals surface area contributed by atoms with Crippen molar-refractivity contribution in [1.29, 1.82) is 0 Å². The number of thioether (sulfide) groups is 1. The number of aromatic nitrogens is 1. The van der Waals surface area contributed by atoms with Gasteiger partial charge in [0, 0.05) is 0 Å². The SMILES string of the molecule is COc1ccc(CC(=O)NNC(=O)CSc2nc3ccccc3s2)cc1. The van der Waals surface area contributed by atoms with Crippen LogP contribution >= 0.6 is 23.1 Å². The second kappa shape index (κ2) is 8.68. The maximum absolute atomic E-state index is 11.9. The first kappa shape index (κ1) is 18.2. The summed E-state index contributed by atoms with van der Waals surface area (Å²) in [4.78, 5) is 28.2. The van der Waals surface area contributed by atoms with Gasteiger partial charge in [0.2, 0.25) is 11.8 Å². The van der Waals surface area contributed by atoms with Crippen molar-refractivity contribution in [3.05, 3.63) is 54.1 Å². The summed E-state index contributed by atoms with van der Waals surface area (Å²) in [5.41, 5.74) is 6.60. The summed E-state index contributed by atoms with van der Waals surface area (Å²) < 4.78 is 6.98. The lowest BCUT2D eigenvalue weighted by Gasteiger charge is -2.07. The first-order valence-corrected chi connectivity index (χ1v) is 9.63. The molecule has 0 bridgehead atoms. The predicted octanol–water partition coefficient (Wildman–Crippen LogP) is 2.79. The molecule has 0 unspecified atom stereocenters. The van der Waals surface area contributed by atoms with Crippen LogP contribution in [0.25, 0.3) is 10.2 Å². The van der Waals surface area contributed by atoms with E-state index in [1.807, 2.05) is 36.4 Å². The van der Waals surface area contributed by atoms with E-state index in [9.17, 15) is 9.59 Å². The smallest absolute Gasteiger partial charge is 0.248 e. The molecule has 0 aliphatic rings.